The molecular weight excluding hydrogens is 178 g/mol. The summed E-state index contributed by atoms with van der Waals surface area (Å²) in [7, 11) is 1.89. The van der Waals surface area contributed by atoms with E-state index in [1.165, 1.54) is 0 Å². The summed E-state index contributed by atoms with van der Waals surface area (Å²) in [6.07, 6.45) is 1.92. The second kappa shape index (κ2) is 6.60. The molecule has 82 valence electrons. The normalized spacial score (nSPS) is 14.3. The second-order valence-corrected chi connectivity index (χ2v) is 3.63. The van der Waals surface area contributed by atoms with Gasteiger partial charge in [0.05, 0.1) is 6.61 Å². The molecule has 0 rings (SSSR count). The molecule has 0 radical (unpaired) electrons. The van der Waals surface area contributed by atoms with Crippen LogP contribution in [0.15, 0.2) is 11.6 Å². The van der Waals surface area contributed by atoms with Crippen LogP contribution < -0.4 is 5.32 Å². The van der Waals surface area contributed by atoms with E-state index in [9.17, 15) is 4.79 Å². The maximum absolute atomic E-state index is 11.3. The predicted molar refractivity (Wildman–Crippen MR) is 58.1 cm³/mol. The fraction of sp³-hybridized carbons (Fsp3) is 0.727. The van der Waals surface area contributed by atoms with Crippen molar-refractivity contribution in [3.63, 3.8) is 0 Å². The molecule has 0 aromatic carbocycles. The maximum Gasteiger partial charge on any atom is 0.333 e. The minimum atomic E-state index is -0.228. The third-order valence-electron chi connectivity index (χ3n) is 2.08. The SMILES string of the molecule is CCOC(=O)/C(C)=C\[C@@H](NC)C(C)C. The number of hydrogen-bond acceptors (Lipinski definition) is 3. The molecule has 1 N–H and O–H groups in total. The highest BCUT2D eigenvalue weighted by Crippen LogP contribution is 2.06. The molecular formula is C11H21NO2. The third-order valence-corrected chi connectivity index (χ3v) is 2.08. The van der Waals surface area contributed by atoms with Crippen molar-refractivity contribution >= 4 is 5.97 Å². The van der Waals surface area contributed by atoms with Crippen LogP contribution >= 0.6 is 0 Å². The van der Waals surface area contributed by atoms with Crippen molar-refractivity contribution in [2.75, 3.05) is 13.7 Å². The van der Waals surface area contributed by atoms with Crippen molar-refractivity contribution in [1.29, 1.82) is 0 Å². The van der Waals surface area contributed by atoms with Crippen LogP contribution in [-0.2, 0) is 9.53 Å². The lowest BCUT2D eigenvalue weighted by Crippen LogP contribution is -2.29. The highest BCUT2D eigenvalue weighted by Gasteiger charge is 2.11. The van der Waals surface area contributed by atoms with Gasteiger partial charge in [0, 0.05) is 11.6 Å². The molecule has 0 fully saturated rings. The fourth-order valence-electron chi connectivity index (χ4n) is 1.19. The first-order chi connectivity index (χ1) is 6.52. The van der Waals surface area contributed by atoms with Gasteiger partial charge in [-0.15, -0.1) is 0 Å². The Morgan fingerprint density at radius 3 is 2.43 bits per heavy atom. The molecule has 0 saturated heterocycles. The summed E-state index contributed by atoms with van der Waals surface area (Å²) in [5.41, 5.74) is 0.667. The van der Waals surface area contributed by atoms with Gasteiger partial charge in [0.2, 0.25) is 0 Å². The number of rotatable bonds is 5. The Bertz CT molecular complexity index is 209. The number of carbonyl (C=O) groups excluding carboxylic acids is 1. The van der Waals surface area contributed by atoms with Gasteiger partial charge in [0.25, 0.3) is 0 Å². The zero-order valence-electron chi connectivity index (χ0n) is 9.76. The van der Waals surface area contributed by atoms with E-state index < -0.39 is 0 Å². The van der Waals surface area contributed by atoms with Crippen molar-refractivity contribution in [1.82, 2.24) is 5.32 Å². The van der Waals surface area contributed by atoms with E-state index in [1.54, 1.807) is 6.92 Å². The summed E-state index contributed by atoms with van der Waals surface area (Å²) in [6.45, 7) is 8.23. The van der Waals surface area contributed by atoms with E-state index in [4.69, 9.17) is 4.74 Å². The molecule has 3 heteroatoms. The van der Waals surface area contributed by atoms with Crippen molar-refractivity contribution in [3.8, 4) is 0 Å². The lowest BCUT2D eigenvalue weighted by Gasteiger charge is -2.16. The smallest absolute Gasteiger partial charge is 0.333 e. The van der Waals surface area contributed by atoms with Crippen LogP contribution in [0.1, 0.15) is 27.7 Å². The molecule has 1 atom stereocenters. The second-order valence-electron chi connectivity index (χ2n) is 3.63. The largest absolute Gasteiger partial charge is 0.463 e. The van der Waals surface area contributed by atoms with Gasteiger partial charge < -0.3 is 10.1 Å². The van der Waals surface area contributed by atoms with Crippen LogP contribution in [-0.4, -0.2) is 25.7 Å². The molecule has 0 aromatic heterocycles. The summed E-state index contributed by atoms with van der Waals surface area (Å²) in [5, 5.41) is 3.15. The molecule has 14 heavy (non-hydrogen) atoms. The Kier molecular flexibility index (Phi) is 6.21. The van der Waals surface area contributed by atoms with Crippen molar-refractivity contribution < 1.29 is 9.53 Å². The summed E-state index contributed by atoms with van der Waals surface area (Å²) in [5.74, 6) is 0.234. The average molecular weight is 199 g/mol. The predicted octanol–water partition coefficient (Wildman–Crippen LogP) is 1.74. The molecule has 0 unspecified atom stereocenters. The van der Waals surface area contributed by atoms with Gasteiger partial charge in [0.15, 0.2) is 0 Å². The van der Waals surface area contributed by atoms with Crippen LogP contribution in [0.4, 0.5) is 0 Å². The van der Waals surface area contributed by atoms with Crippen molar-refractivity contribution in [3.05, 3.63) is 11.6 Å². The molecule has 0 amide bonds. The first-order valence-electron chi connectivity index (χ1n) is 5.05. The fourth-order valence-corrected chi connectivity index (χ4v) is 1.19. The van der Waals surface area contributed by atoms with Crippen LogP contribution in [0.25, 0.3) is 0 Å². The van der Waals surface area contributed by atoms with E-state index in [0.717, 1.165) is 0 Å². The molecule has 0 aromatic rings. The Balaban J connectivity index is 4.39. The minimum absolute atomic E-state index is 0.222. The Labute approximate surface area is 86.5 Å². The van der Waals surface area contributed by atoms with Crippen LogP contribution in [0, 0.1) is 5.92 Å². The number of likely N-dealkylation sites (N-methyl/N-ethyl adjacent to an activating group) is 1. The van der Waals surface area contributed by atoms with Crippen molar-refractivity contribution in [2.45, 2.75) is 33.7 Å². The summed E-state index contributed by atoms with van der Waals surface area (Å²) < 4.78 is 4.89. The summed E-state index contributed by atoms with van der Waals surface area (Å²) >= 11 is 0. The zero-order chi connectivity index (χ0) is 11.1. The monoisotopic (exact) mass is 199 g/mol. The van der Waals surface area contributed by atoms with Gasteiger partial charge in [-0.1, -0.05) is 19.9 Å². The van der Waals surface area contributed by atoms with Gasteiger partial charge >= 0.3 is 5.97 Å². The lowest BCUT2D eigenvalue weighted by atomic mass is 10.0. The first kappa shape index (κ1) is 13.2. The average Bonchev–Trinajstić information content (AvgIpc) is 2.13. The highest BCUT2D eigenvalue weighted by molar-refractivity contribution is 5.87. The van der Waals surface area contributed by atoms with Gasteiger partial charge in [-0.3, -0.25) is 0 Å². The summed E-state index contributed by atoms with van der Waals surface area (Å²) in [6, 6.07) is 0.222. The van der Waals surface area contributed by atoms with E-state index >= 15 is 0 Å². The molecule has 0 bridgehead atoms. The van der Waals surface area contributed by atoms with Crippen molar-refractivity contribution in [2.24, 2.45) is 5.92 Å². The quantitative estimate of drug-likeness (QED) is 0.541. The number of hydrogen-bond donors (Lipinski definition) is 1. The highest BCUT2D eigenvalue weighted by atomic mass is 16.5. The molecule has 0 heterocycles. The lowest BCUT2D eigenvalue weighted by molar-refractivity contribution is -0.138. The number of ether oxygens (including phenoxy) is 1. The van der Waals surface area contributed by atoms with Gasteiger partial charge in [-0.05, 0) is 26.8 Å². The maximum atomic E-state index is 11.3. The molecule has 0 spiro atoms. The minimum Gasteiger partial charge on any atom is -0.463 e. The molecule has 0 aliphatic rings. The van der Waals surface area contributed by atoms with E-state index in [-0.39, 0.29) is 12.0 Å². The van der Waals surface area contributed by atoms with Crippen LogP contribution in [0.2, 0.25) is 0 Å². The molecule has 3 nitrogen and oxygen atoms in total. The first-order valence-corrected chi connectivity index (χ1v) is 5.05. The number of nitrogens with one attached hydrogen (secondary N) is 1. The molecule has 0 saturated carbocycles. The van der Waals surface area contributed by atoms with E-state index in [2.05, 4.69) is 19.2 Å². The number of carbonyl (C=O) groups is 1. The van der Waals surface area contributed by atoms with E-state index in [1.807, 2.05) is 20.0 Å². The third kappa shape index (κ3) is 4.42. The molecule has 0 aliphatic carbocycles. The standard InChI is InChI=1S/C11H21NO2/c1-6-14-11(13)9(4)7-10(12-5)8(2)3/h7-8,10,12H,6H2,1-5H3/b9-7-/t10-/m1/s1. The Morgan fingerprint density at radius 2 is 2.07 bits per heavy atom. The van der Waals surface area contributed by atoms with Gasteiger partial charge in [0.1, 0.15) is 0 Å². The van der Waals surface area contributed by atoms with Gasteiger partial charge in [-0.25, -0.2) is 4.79 Å². The zero-order valence-corrected chi connectivity index (χ0v) is 9.76. The Morgan fingerprint density at radius 1 is 1.50 bits per heavy atom. The van der Waals surface area contributed by atoms with Crippen LogP contribution in [0.5, 0.6) is 0 Å². The van der Waals surface area contributed by atoms with Crippen LogP contribution in [0.3, 0.4) is 0 Å². The molecule has 0 aliphatic heterocycles. The summed E-state index contributed by atoms with van der Waals surface area (Å²) in [4.78, 5) is 11.3. The number of esters is 1. The Hall–Kier alpha value is -0.830. The topological polar surface area (TPSA) is 38.3 Å². The van der Waals surface area contributed by atoms with Gasteiger partial charge in [-0.2, -0.15) is 0 Å². The van der Waals surface area contributed by atoms with E-state index in [0.29, 0.717) is 18.1 Å².